The molecular formula is C10H9BN2O3S. The van der Waals surface area contributed by atoms with Crippen LogP contribution in [0.4, 0.5) is 5.69 Å². The van der Waals surface area contributed by atoms with Crippen molar-refractivity contribution in [1.29, 1.82) is 0 Å². The number of nitrogens with zero attached hydrogens (tertiary/aromatic N) is 1. The third-order valence-corrected chi connectivity index (χ3v) is 2.72. The minimum atomic E-state index is -1.50. The Bertz CT molecular complexity index is 499. The van der Waals surface area contributed by atoms with Crippen LogP contribution >= 0.6 is 11.3 Å². The lowest BCUT2D eigenvalue weighted by Gasteiger charge is -2.04. The highest BCUT2D eigenvalue weighted by atomic mass is 32.1. The summed E-state index contributed by atoms with van der Waals surface area (Å²) in [5.41, 5.74) is 2.89. The molecule has 3 N–H and O–H groups in total. The Labute approximate surface area is 102 Å². The summed E-state index contributed by atoms with van der Waals surface area (Å²) in [6.45, 7) is 0. The van der Waals surface area contributed by atoms with Crippen LogP contribution in [0.15, 0.2) is 35.2 Å². The number of benzene rings is 1. The van der Waals surface area contributed by atoms with Gasteiger partial charge in [0, 0.05) is 11.1 Å². The number of aromatic nitrogens is 1. The van der Waals surface area contributed by atoms with E-state index in [1.54, 1.807) is 23.0 Å². The van der Waals surface area contributed by atoms with Gasteiger partial charge < -0.3 is 15.4 Å². The fourth-order valence-corrected chi connectivity index (χ4v) is 1.79. The zero-order valence-corrected chi connectivity index (χ0v) is 9.52. The second-order valence-electron chi connectivity index (χ2n) is 3.32. The van der Waals surface area contributed by atoms with Gasteiger partial charge in [-0.2, -0.15) is 0 Å². The molecule has 0 unspecified atom stereocenters. The van der Waals surface area contributed by atoms with Crippen LogP contribution in [0.3, 0.4) is 0 Å². The van der Waals surface area contributed by atoms with Crippen molar-refractivity contribution in [3.05, 3.63) is 40.8 Å². The summed E-state index contributed by atoms with van der Waals surface area (Å²) in [5.74, 6) is -0.288. The van der Waals surface area contributed by atoms with E-state index >= 15 is 0 Å². The van der Waals surface area contributed by atoms with Crippen LogP contribution in [0, 0.1) is 0 Å². The third-order valence-electron chi connectivity index (χ3n) is 2.13. The molecule has 17 heavy (non-hydrogen) atoms. The number of rotatable bonds is 3. The summed E-state index contributed by atoms with van der Waals surface area (Å²) in [6.07, 6.45) is 0. The highest BCUT2D eigenvalue weighted by molar-refractivity contribution is 7.07. The zero-order chi connectivity index (χ0) is 12.3. The van der Waals surface area contributed by atoms with E-state index in [0.29, 0.717) is 16.8 Å². The summed E-state index contributed by atoms with van der Waals surface area (Å²) in [5, 5.41) is 22.1. The Kier molecular flexibility index (Phi) is 3.53. The summed E-state index contributed by atoms with van der Waals surface area (Å²) in [7, 11) is -1.50. The molecule has 0 fully saturated rings. The van der Waals surface area contributed by atoms with Crippen molar-refractivity contribution in [3.8, 4) is 0 Å². The molecule has 1 aromatic carbocycles. The Morgan fingerprint density at radius 2 is 2.00 bits per heavy atom. The maximum absolute atomic E-state index is 11.6. The average molecular weight is 248 g/mol. The molecule has 0 radical (unpaired) electrons. The quantitative estimate of drug-likeness (QED) is 0.671. The van der Waals surface area contributed by atoms with Gasteiger partial charge in [-0.25, -0.2) is 4.98 Å². The maximum Gasteiger partial charge on any atom is 0.488 e. The normalized spacial score (nSPS) is 10.0. The lowest BCUT2D eigenvalue weighted by atomic mass is 9.80. The molecule has 7 heteroatoms. The predicted octanol–water partition coefficient (Wildman–Crippen LogP) is 0.0752. The largest absolute Gasteiger partial charge is 0.488 e. The van der Waals surface area contributed by atoms with Crippen molar-refractivity contribution in [3.63, 3.8) is 0 Å². The van der Waals surface area contributed by atoms with Gasteiger partial charge >= 0.3 is 7.12 Å². The molecule has 1 heterocycles. The molecule has 2 rings (SSSR count). The first kappa shape index (κ1) is 11.8. The van der Waals surface area contributed by atoms with Crippen LogP contribution in [0.5, 0.6) is 0 Å². The van der Waals surface area contributed by atoms with Gasteiger partial charge in [0.1, 0.15) is 5.69 Å². The second kappa shape index (κ2) is 5.09. The van der Waals surface area contributed by atoms with Crippen LogP contribution < -0.4 is 10.8 Å². The molecule has 0 saturated carbocycles. The molecule has 0 saturated heterocycles. The summed E-state index contributed by atoms with van der Waals surface area (Å²) < 4.78 is 0. The molecule has 0 spiro atoms. The molecule has 0 atom stereocenters. The lowest BCUT2D eigenvalue weighted by molar-refractivity contribution is 0.102. The van der Waals surface area contributed by atoms with E-state index in [4.69, 9.17) is 10.0 Å². The smallest absolute Gasteiger partial charge is 0.423 e. The zero-order valence-electron chi connectivity index (χ0n) is 8.70. The number of anilines is 1. The number of thiazole rings is 1. The highest BCUT2D eigenvalue weighted by Gasteiger charge is 2.11. The van der Waals surface area contributed by atoms with E-state index in [-0.39, 0.29) is 5.91 Å². The van der Waals surface area contributed by atoms with Crippen LogP contribution in [0.2, 0.25) is 0 Å². The number of nitrogens with one attached hydrogen (secondary N) is 1. The first-order valence-electron chi connectivity index (χ1n) is 4.82. The summed E-state index contributed by atoms with van der Waals surface area (Å²) >= 11 is 1.35. The van der Waals surface area contributed by atoms with E-state index < -0.39 is 7.12 Å². The number of hydrogen-bond donors (Lipinski definition) is 3. The molecule has 0 aliphatic carbocycles. The minimum absolute atomic E-state index is 0.288. The topological polar surface area (TPSA) is 82.5 Å². The molecule has 1 amide bonds. The van der Waals surface area contributed by atoms with Crippen LogP contribution in [0.1, 0.15) is 10.5 Å². The molecule has 2 aromatic rings. The Morgan fingerprint density at radius 3 is 2.53 bits per heavy atom. The predicted molar refractivity (Wildman–Crippen MR) is 66.3 cm³/mol. The minimum Gasteiger partial charge on any atom is -0.423 e. The molecule has 0 bridgehead atoms. The van der Waals surface area contributed by atoms with Gasteiger partial charge in [-0.3, -0.25) is 4.79 Å². The molecule has 86 valence electrons. The fraction of sp³-hybridized carbons (Fsp3) is 0. The van der Waals surface area contributed by atoms with E-state index in [1.807, 2.05) is 0 Å². The van der Waals surface area contributed by atoms with Crippen LogP contribution in [-0.4, -0.2) is 28.1 Å². The van der Waals surface area contributed by atoms with Gasteiger partial charge in [-0.05, 0) is 17.6 Å². The van der Waals surface area contributed by atoms with E-state index in [2.05, 4.69) is 10.3 Å². The highest BCUT2D eigenvalue weighted by Crippen LogP contribution is 2.08. The number of amides is 1. The fourth-order valence-electron chi connectivity index (χ4n) is 1.26. The molecule has 1 aromatic heterocycles. The number of hydrogen-bond acceptors (Lipinski definition) is 5. The first-order valence-corrected chi connectivity index (χ1v) is 5.77. The Morgan fingerprint density at radius 1 is 1.29 bits per heavy atom. The van der Waals surface area contributed by atoms with Gasteiger partial charge in [-0.1, -0.05) is 12.1 Å². The van der Waals surface area contributed by atoms with E-state index in [0.717, 1.165) is 0 Å². The monoisotopic (exact) mass is 248 g/mol. The molecular weight excluding hydrogens is 239 g/mol. The summed E-state index contributed by atoms with van der Waals surface area (Å²) in [6, 6.07) is 6.25. The van der Waals surface area contributed by atoms with Gasteiger partial charge in [-0.15, -0.1) is 11.3 Å². The van der Waals surface area contributed by atoms with Crippen molar-refractivity contribution >= 4 is 35.5 Å². The van der Waals surface area contributed by atoms with Crippen molar-refractivity contribution < 1.29 is 14.8 Å². The van der Waals surface area contributed by atoms with Gasteiger partial charge in [0.15, 0.2) is 0 Å². The second-order valence-corrected chi connectivity index (χ2v) is 4.04. The van der Waals surface area contributed by atoms with Crippen molar-refractivity contribution in [2.75, 3.05) is 5.32 Å². The molecule has 5 nitrogen and oxygen atoms in total. The van der Waals surface area contributed by atoms with Gasteiger partial charge in [0.2, 0.25) is 0 Å². The molecule has 0 aliphatic rings. The van der Waals surface area contributed by atoms with Crippen molar-refractivity contribution in [2.45, 2.75) is 0 Å². The van der Waals surface area contributed by atoms with Crippen molar-refractivity contribution in [2.24, 2.45) is 0 Å². The van der Waals surface area contributed by atoms with E-state index in [1.165, 1.54) is 23.5 Å². The Hall–Kier alpha value is -1.70. The standard InChI is InChI=1S/C10H9BN2O3S/c14-10(9-5-17-6-12-9)13-8-3-1-7(2-4-8)11(15)16/h1-6,15-16H,(H,13,14). The van der Waals surface area contributed by atoms with Gasteiger partial charge in [0.05, 0.1) is 5.51 Å². The van der Waals surface area contributed by atoms with Gasteiger partial charge in [0.25, 0.3) is 5.91 Å². The maximum atomic E-state index is 11.6. The SMILES string of the molecule is O=C(Nc1ccc(B(O)O)cc1)c1cscn1. The number of carbonyl (C=O) groups is 1. The first-order chi connectivity index (χ1) is 8.16. The van der Waals surface area contributed by atoms with Crippen LogP contribution in [-0.2, 0) is 0 Å². The lowest BCUT2D eigenvalue weighted by Crippen LogP contribution is -2.29. The number of carbonyl (C=O) groups excluding carboxylic acids is 1. The summed E-state index contributed by atoms with van der Waals surface area (Å²) in [4.78, 5) is 15.5. The van der Waals surface area contributed by atoms with Crippen molar-refractivity contribution in [1.82, 2.24) is 4.98 Å². The van der Waals surface area contributed by atoms with E-state index in [9.17, 15) is 4.79 Å². The molecule has 0 aliphatic heterocycles. The average Bonchev–Trinajstić information content (AvgIpc) is 2.83. The third kappa shape index (κ3) is 2.91. The Balaban J connectivity index is 2.07. The van der Waals surface area contributed by atoms with Crippen LogP contribution in [0.25, 0.3) is 0 Å².